The summed E-state index contributed by atoms with van der Waals surface area (Å²) in [7, 11) is 1.66. The van der Waals surface area contributed by atoms with Crippen LogP contribution in [0.3, 0.4) is 0 Å². The Labute approximate surface area is 174 Å². The van der Waals surface area contributed by atoms with E-state index in [-0.39, 0.29) is 11.7 Å². The van der Waals surface area contributed by atoms with Crippen molar-refractivity contribution in [2.45, 2.75) is 19.5 Å². The molecule has 0 saturated carbocycles. The molecule has 6 heteroatoms. The van der Waals surface area contributed by atoms with Gasteiger partial charge in [0.25, 0.3) is 0 Å². The highest BCUT2D eigenvalue weighted by Crippen LogP contribution is 2.21. The van der Waals surface area contributed by atoms with Gasteiger partial charge in [0, 0.05) is 30.1 Å². The normalized spacial score (nSPS) is 10.9. The van der Waals surface area contributed by atoms with Crippen molar-refractivity contribution in [3.8, 4) is 5.75 Å². The zero-order chi connectivity index (χ0) is 20.5. The van der Waals surface area contributed by atoms with Crippen LogP contribution in [0, 0.1) is 5.82 Å². The molecule has 2 aromatic carbocycles. The number of rotatable bonds is 10. The fourth-order valence-corrected chi connectivity index (χ4v) is 3.87. The maximum Gasteiger partial charge on any atom is 0.234 e. The monoisotopic (exact) mass is 412 g/mol. The molecular formula is C23H25FN2O2S. The number of hydrogen-bond donors (Lipinski definition) is 1. The third-order valence-electron chi connectivity index (χ3n) is 4.56. The van der Waals surface area contributed by atoms with Crippen LogP contribution in [-0.2, 0) is 24.3 Å². The van der Waals surface area contributed by atoms with Crippen LogP contribution in [0.2, 0.25) is 0 Å². The lowest BCUT2D eigenvalue weighted by Gasteiger charge is -2.22. The topological polar surface area (TPSA) is 41.6 Å². The Balaban J connectivity index is 1.58. The molecule has 29 heavy (non-hydrogen) atoms. The first-order valence-electron chi connectivity index (χ1n) is 9.52. The second-order valence-electron chi connectivity index (χ2n) is 6.76. The fourth-order valence-electron chi connectivity index (χ4n) is 3.12. The van der Waals surface area contributed by atoms with Crippen LogP contribution in [0.25, 0.3) is 0 Å². The molecule has 3 rings (SSSR count). The van der Waals surface area contributed by atoms with Crippen molar-refractivity contribution in [2.75, 3.05) is 20.2 Å². The lowest BCUT2D eigenvalue weighted by Crippen LogP contribution is -2.37. The molecular weight excluding hydrogens is 387 g/mol. The van der Waals surface area contributed by atoms with Gasteiger partial charge in [-0.15, -0.1) is 11.3 Å². The molecule has 0 aliphatic rings. The average Bonchev–Trinajstić information content (AvgIpc) is 3.23. The van der Waals surface area contributed by atoms with Gasteiger partial charge in [-0.2, -0.15) is 0 Å². The molecule has 4 nitrogen and oxygen atoms in total. The van der Waals surface area contributed by atoms with Gasteiger partial charge in [0.15, 0.2) is 0 Å². The zero-order valence-corrected chi connectivity index (χ0v) is 17.3. The van der Waals surface area contributed by atoms with Crippen LogP contribution in [0.5, 0.6) is 5.75 Å². The summed E-state index contributed by atoms with van der Waals surface area (Å²) in [6.07, 6.45) is 0.670. The van der Waals surface area contributed by atoms with Gasteiger partial charge in [0.1, 0.15) is 11.6 Å². The predicted octanol–water partition coefficient (Wildman–Crippen LogP) is 4.26. The standard InChI is InChI=1S/C23H25FN2O2S/c1-28-22-7-3-2-5-19(22)15-26(16-21-6-4-14-29-21)17-23(27)25-13-12-18-8-10-20(24)11-9-18/h2-11,14H,12-13,15-17H2,1H3,(H,25,27). The lowest BCUT2D eigenvalue weighted by molar-refractivity contribution is -0.122. The number of para-hydroxylation sites is 1. The molecule has 1 aromatic heterocycles. The van der Waals surface area contributed by atoms with Crippen LogP contribution in [0.15, 0.2) is 66.0 Å². The number of thiophene rings is 1. The maximum absolute atomic E-state index is 13.0. The Kier molecular flexibility index (Phi) is 7.78. The number of amides is 1. The molecule has 0 fully saturated rings. The smallest absolute Gasteiger partial charge is 0.234 e. The van der Waals surface area contributed by atoms with Crippen molar-refractivity contribution in [1.29, 1.82) is 0 Å². The van der Waals surface area contributed by atoms with Gasteiger partial charge >= 0.3 is 0 Å². The fraction of sp³-hybridized carbons (Fsp3) is 0.261. The zero-order valence-electron chi connectivity index (χ0n) is 16.4. The number of nitrogens with zero attached hydrogens (tertiary/aromatic N) is 1. The minimum atomic E-state index is -0.252. The van der Waals surface area contributed by atoms with Gasteiger partial charge in [-0.05, 0) is 41.6 Å². The Morgan fingerprint density at radius 1 is 1.07 bits per heavy atom. The van der Waals surface area contributed by atoms with Gasteiger partial charge in [-0.1, -0.05) is 36.4 Å². The largest absolute Gasteiger partial charge is 0.496 e. The van der Waals surface area contributed by atoms with E-state index in [4.69, 9.17) is 4.74 Å². The van der Waals surface area contributed by atoms with E-state index in [9.17, 15) is 9.18 Å². The second-order valence-corrected chi connectivity index (χ2v) is 7.80. The highest BCUT2D eigenvalue weighted by atomic mass is 32.1. The van der Waals surface area contributed by atoms with Crippen LogP contribution in [0.1, 0.15) is 16.0 Å². The first kappa shape index (κ1) is 21.0. The first-order chi connectivity index (χ1) is 14.1. The molecule has 0 unspecified atom stereocenters. The maximum atomic E-state index is 13.0. The summed E-state index contributed by atoms with van der Waals surface area (Å²) >= 11 is 1.68. The molecule has 0 spiro atoms. The van der Waals surface area contributed by atoms with Crippen molar-refractivity contribution in [1.82, 2.24) is 10.2 Å². The number of hydrogen-bond acceptors (Lipinski definition) is 4. The van der Waals surface area contributed by atoms with Crippen LogP contribution in [-0.4, -0.2) is 31.0 Å². The van der Waals surface area contributed by atoms with Crippen molar-refractivity contribution >= 4 is 17.2 Å². The minimum absolute atomic E-state index is 0.0291. The quantitative estimate of drug-likeness (QED) is 0.541. The van der Waals surface area contributed by atoms with Crippen molar-refractivity contribution in [3.05, 3.63) is 87.9 Å². The number of methoxy groups -OCH3 is 1. The van der Waals surface area contributed by atoms with Gasteiger partial charge in [-0.3, -0.25) is 9.69 Å². The predicted molar refractivity (Wildman–Crippen MR) is 115 cm³/mol. The summed E-state index contributed by atoms with van der Waals surface area (Å²) in [5.74, 6) is 0.539. The molecule has 0 atom stereocenters. The summed E-state index contributed by atoms with van der Waals surface area (Å²) < 4.78 is 18.4. The number of ether oxygens (including phenoxy) is 1. The molecule has 0 radical (unpaired) electrons. The second kappa shape index (κ2) is 10.7. The number of carbonyl (C=O) groups excluding carboxylic acids is 1. The van der Waals surface area contributed by atoms with E-state index >= 15 is 0 Å². The van der Waals surface area contributed by atoms with Crippen molar-refractivity contribution in [2.24, 2.45) is 0 Å². The van der Waals surface area contributed by atoms with Crippen molar-refractivity contribution in [3.63, 3.8) is 0 Å². The van der Waals surface area contributed by atoms with Crippen LogP contribution in [0.4, 0.5) is 4.39 Å². The summed E-state index contributed by atoms with van der Waals surface area (Å²) in [6, 6.07) is 18.3. The van der Waals surface area contributed by atoms with Gasteiger partial charge in [-0.25, -0.2) is 4.39 Å². The molecule has 0 saturated heterocycles. The lowest BCUT2D eigenvalue weighted by atomic mass is 10.1. The molecule has 0 bridgehead atoms. The third-order valence-corrected chi connectivity index (χ3v) is 5.42. The van der Waals surface area contributed by atoms with E-state index in [0.29, 0.717) is 32.6 Å². The molecule has 3 aromatic rings. The minimum Gasteiger partial charge on any atom is -0.496 e. The summed E-state index contributed by atoms with van der Waals surface area (Å²) in [4.78, 5) is 15.8. The Morgan fingerprint density at radius 3 is 2.59 bits per heavy atom. The van der Waals surface area contributed by atoms with Gasteiger partial charge in [0.05, 0.1) is 13.7 Å². The molecule has 1 amide bonds. The summed E-state index contributed by atoms with van der Waals surface area (Å²) in [5.41, 5.74) is 2.04. The van der Waals surface area contributed by atoms with E-state index < -0.39 is 0 Å². The van der Waals surface area contributed by atoms with E-state index in [0.717, 1.165) is 16.9 Å². The first-order valence-corrected chi connectivity index (χ1v) is 10.4. The Hall–Kier alpha value is -2.70. The number of benzene rings is 2. The molecule has 0 aliphatic heterocycles. The molecule has 152 valence electrons. The summed E-state index contributed by atoms with van der Waals surface area (Å²) in [6.45, 7) is 2.12. The number of nitrogens with one attached hydrogen (secondary N) is 1. The molecule has 1 heterocycles. The van der Waals surface area contributed by atoms with Crippen LogP contribution < -0.4 is 10.1 Å². The van der Waals surface area contributed by atoms with Crippen molar-refractivity contribution < 1.29 is 13.9 Å². The highest BCUT2D eigenvalue weighted by molar-refractivity contribution is 7.09. The number of carbonyl (C=O) groups is 1. The number of halogens is 1. The molecule has 0 aliphatic carbocycles. The Bertz CT molecular complexity index is 898. The summed E-state index contributed by atoms with van der Waals surface area (Å²) in [5, 5.41) is 5.01. The third kappa shape index (κ3) is 6.69. The van der Waals surface area contributed by atoms with E-state index in [2.05, 4.69) is 16.3 Å². The van der Waals surface area contributed by atoms with E-state index in [1.165, 1.54) is 17.0 Å². The van der Waals surface area contributed by atoms with Gasteiger partial charge in [0.2, 0.25) is 5.91 Å². The van der Waals surface area contributed by atoms with E-state index in [1.807, 2.05) is 35.7 Å². The van der Waals surface area contributed by atoms with Gasteiger partial charge < -0.3 is 10.1 Å². The SMILES string of the molecule is COc1ccccc1CN(CC(=O)NCCc1ccc(F)cc1)Cc1cccs1. The van der Waals surface area contributed by atoms with E-state index in [1.54, 1.807) is 30.6 Å². The molecule has 1 N–H and O–H groups in total. The average molecular weight is 413 g/mol. The highest BCUT2D eigenvalue weighted by Gasteiger charge is 2.14. The van der Waals surface area contributed by atoms with Crippen LogP contribution >= 0.6 is 11.3 Å². The Morgan fingerprint density at radius 2 is 1.86 bits per heavy atom.